The van der Waals surface area contributed by atoms with Gasteiger partial charge in [-0.1, -0.05) is 0 Å². The summed E-state index contributed by atoms with van der Waals surface area (Å²) in [6.45, 7) is 3.38. The summed E-state index contributed by atoms with van der Waals surface area (Å²) >= 11 is 0. The molecule has 0 unspecified atom stereocenters. The third-order valence-corrected chi connectivity index (χ3v) is 2.97. The smallest absolute Gasteiger partial charge is 0.315 e. The van der Waals surface area contributed by atoms with Gasteiger partial charge in [-0.05, 0) is 26.0 Å². The number of nitrogens with zero attached hydrogens (tertiary/aromatic N) is 1. The van der Waals surface area contributed by atoms with Gasteiger partial charge in [0.15, 0.2) is 0 Å². The van der Waals surface area contributed by atoms with E-state index >= 15 is 0 Å². The Morgan fingerprint density at radius 2 is 1.48 bits per heavy atom. The fraction of sp³-hybridized carbons (Fsp3) is 0.375. The summed E-state index contributed by atoms with van der Waals surface area (Å²) in [6, 6.07) is 3.45. The third-order valence-electron chi connectivity index (χ3n) is 2.97. The maximum absolute atomic E-state index is 11.8. The Hall–Kier alpha value is -3.50. The number of carbonyl (C=O) groups is 4. The van der Waals surface area contributed by atoms with Gasteiger partial charge in [0.25, 0.3) is 5.69 Å². The second-order valence-electron chi connectivity index (χ2n) is 5.05. The Morgan fingerprint density at radius 1 is 0.963 bits per heavy atom. The monoisotopic (exact) mass is 381 g/mol. The lowest BCUT2D eigenvalue weighted by molar-refractivity contribution is -0.383. The van der Waals surface area contributed by atoms with Crippen molar-refractivity contribution in [1.29, 1.82) is 0 Å². The second kappa shape index (κ2) is 10.5. The lowest BCUT2D eigenvalue weighted by Crippen LogP contribution is -2.20. The van der Waals surface area contributed by atoms with Crippen LogP contribution in [-0.4, -0.2) is 41.9 Å². The molecular weight excluding hydrogens is 362 g/mol. The molecule has 0 atom stereocenters. The van der Waals surface area contributed by atoms with Gasteiger partial charge in [-0.2, -0.15) is 0 Å². The zero-order valence-electron chi connectivity index (χ0n) is 14.8. The Balaban J connectivity index is 2.89. The van der Waals surface area contributed by atoms with Crippen molar-refractivity contribution < 1.29 is 33.6 Å². The molecule has 146 valence electrons. The van der Waals surface area contributed by atoms with Gasteiger partial charge in [0, 0.05) is 11.8 Å². The minimum Gasteiger partial charge on any atom is -0.466 e. The lowest BCUT2D eigenvalue weighted by Gasteiger charge is -2.09. The van der Waals surface area contributed by atoms with Crippen LogP contribution in [0, 0.1) is 10.1 Å². The van der Waals surface area contributed by atoms with E-state index in [9.17, 15) is 29.3 Å². The van der Waals surface area contributed by atoms with Gasteiger partial charge < -0.3 is 20.1 Å². The molecule has 0 spiro atoms. The molecule has 11 nitrogen and oxygen atoms in total. The van der Waals surface area contributed by atoms with Crippen LogP contribution in [0.3, 0.4) is 0 Å². The van der Waals surface area contributed by atoms with Crippen LogP contribution in [-0.2, 0) is 28.7 Å². The average molecular weight is 381 g/mol. The van der Waals surface area contributed by atoms with Crippen molar-refractivity contribution in [3.8, 4) is 0 Å². The molecule has 27 heavy (non-hydrogen) atoms. The first-order valence-electron chi connectivity index (χ1n) is 7.96. The topological polar surface area (TPSA) is 154 Å². The third kappa shape index (κ3) is 7.50. The number of nitrogens with one attached hydrogen (secondary N) is 2. The summed E-state index contributed by atoms with van der Waals surface area (Å²) in [5.74, 6) is -3.01. The predicted octanol–water partition coefficient (Wildman–Crippen LogP) is 1.38. The number of nitro benzene ring substituents is 1. The van der Waals surface area contributed by atoms with Crippen molar-refractivity contribution in [1.82, 2.24) is 0 Å². The van der Waals surface area contributed by atoms with Crippen LogP contribution in [0.2, 0.25) is 0 Å². The maximum atomic E-state index is 11.8. The number of benzene rings is 1. The van der Waals surface area contributed by atoms with Gasteiger partial charge >= 0.3 is 11.9 Å². The number of esters is 2. The van der Waals surface area contributed by atoms with E-state index in [-0.39, 0.29) is 24.6 Å². The highest BCUT2D eigenvalue weighted by Gasteiger charge is 2.19. The van der Waals surface area contributed by atoms with Crippen LogP contribution in [0.15, 0.2) is 18.2 Å². The molecule has 0 saturated heterocycles. The van der Waals surface area contributed by atoms with Crippen molar-refractivity contribution in [2.75, 3.05) is 23.8 Å². The van der Waals surface area contributed by atoms with E-state index in [0.717, 1.165) is 12.1 Å². The van der Waals surface area contributed by atoms with E-state index in [1.165, 1.54) is 6.07 Å². The number of anilines is 2. The molecule has 11 heteroatoms. The van der Waals surface area contributed by atoms with Gasteiger partial charge in [0.2, 0.25) is 11.8 Å². The normalized spacial score (nSPS) is 9.85. The number of carbonyl (C=O) groups excluding carboxylic acids is 4. The Labute approximate surface area is 154 Å². The van der Waals surface area contributed by atoms with Crippen molar-refractivity contribution in [2.24, 2.45) is 0 Å². The molecule has 0 aliphatic rings. The second-order valence-corrected chi connectivity index (χ2v) is 5.05. The lowest BCUT2D eigenvalue weighted by atomic mass is 10.2. The Bertz CT molecular complexity index is 747. The van der Waals surface area contributed by atoms with Crippen molar-refractivity contribution >= 4 is 40.8 Å². The van der Waals surface area contributed by atoms with Crippen molar-refractivity contribution in [3.05, 3.63) is 28.3 Å². The maximum Gasteiger partial charge on any atom is 0.315 e. The zero-order valence-corrected chi connectivity index (χ0v) is 14.8. The quantitative estimate of drug-likeness (QED) is 0.281. The molecule has 2 N–H and O–H groups in total. The first kappa shape index (κ1) is 21.5. The van der Waals surface area contributed by atoms with Crippen LogP contribution in [0.4, 0.5) is 17.1 Å². The number of ether oxygens (including phenoxy) is 2. The number of nitro groups is 1. The zero-order chi connectivity index (χ0) is 20.4. The predicted molar refractivity (Wildman–Crippen MR) is 92.9 cm³/mol. The van der Waals surface area contributed by atoms with Gasteiger partial charge in [0.05, 0.1) is 18.1 Å². The number of hydrogen-bond acceptors (Lipinski definition) is 8. The van der Waals surface area contributed by atoms with Crippen LogP contribution in [0.5, 0.6) is 0 Å². The molecule has 0 bridgehead atoms. The van der Waals surface area contributed by atoms with E-state index in [4.69, 9.17) is 0 Å². The first-order chi connectivity index (χ1) is 12.8. The fourth-order valence-corrected chi connectivity index (χ4v) is 1.96. The van der Waals surface area contributed by atoms with Crippen LogP contribution in [0.25, 0.3) is 0 Å². The summed E-state index contributed by atoms with van der Waals surface area (Å²) in [5, 5.41) is 15.7. The molecule has 0 aliphatic carbocycles. The largest absolute Gasteiger partial charge is 0.466 e. The highest BCUT2D eigenvalue weighted by atomic mass is 16.6. The molecule has 2 amide bonds. The number of hydrogen-bond donors (Lipinski definition) is 2. The summed E-state index contributed by atoms with van der Waals surface area (Å²) < 4.78 is 9.27. The summed E-state index contributed by atoms with van der Waals surface area (Å²) in [5.41, 5.74) is -0.542. The molecule has 1 aromatic rings. The van der Waals surface area contributed by atoms with Crippen molar-refractivity contribution in [3.63, 3.8) is 0 Å². The molecule has 1 aromatic carbocycles. The van der Waals surface area contributed by atoms with Crippen LogP contribution >= 0.6 is 0 Å². The van der Waals surface area contributed by atoms with E-state index in [2.05, 4.69) is 20.1 Å². The van der Waals surface area contributed by atoms with E-state index < -0.39 is 47.2 Å². The first-order valence-corrected chi connectivity index (χ1v) is 7.96. The number of rotatable bonds is 9. The molecule has 0 heterocycles. The van der Waals surface area contributed by atoms with Crippen LogP contribution < -0.4 is 10.6 Å². The van der Waals surface area contributed by atoms with Crippen LogP contribution in [0.1, 0.15) is 26.7 Å². The summed E-state index contributed by atoms with van der Waals surface area (Å²) in [6.07, 6.45) is -1.15. The Morgan fingerprint density at radius 3 is 1.96 bits per heavy atom. The Kier molecular flexibility index (Phi) is 8.36. The van der Waals surface area contributed by atoms with Gasteiger partial charge in [-0.25, -0.2) is 0 Å². The molecule has 1 rings (SSSR count). The highest BCUT2D eigenvalue weighted by molar-refractivity contribution is 6.04. The highest BCUT2D eigenvalue weighted by Crippen LogP contribution is 2.28. The molecule has 0 saturated carbocycles. The molecule has 0 aliphatic heterocycles. The number of amides is 2. The van der Waals surface area contributed by atoms with Gasteiger partial charge in [0.1, 0.15) is 18.5 Å². The standard InChI is InChI=1S/C16H19N3O8/c1-3-26-15(22)8-13(20)17-10-5-6-12(19(24)25)11(7-10)18-14(21)9-16(23)27-4-2/h5-7H,3-4,8-9H2,1-2H3,(H,17,20)(H,18,21). The van der Waals surface area contributed by atoms with E-state index in [1.54, 1.807) is 13.8 Å². The van der Waals surface area contributed by atoms with Gasteiger partial charge in [-0.15, -0.1) is 0 Å². The summed E-state index contributed by atoms with van der Waals surface area (Å²) in [7, 11) is 0. The van der Waals surface area contributed by atoms with E-state index in [0.29, 0.717) is 0 Å². The average Bonchev–Trinajstić information content (AvgIpc) is 2.54. The van der Waals surface area contributed by atoms with Crippen molar-refractivity contribution in [2.45, 2.75) is 26.7 Å². The molecule has 0 fully saturated rings. The summed E-state index contributed by atoms with van der Waals surface area (Å²) in [4.78, 5) is 56.6. The minimum absolute atomic E-state index is 0.0915. The molecule has 0 radical (unpaired) electrons. The fourth-order valence-electron chi connectivity index (χ4n) is 1.96. The van der Waals surface area contributed by atoms with E-state index in [1.807, 2.05) is 0 Å². The SMILES string of the molecule is CCOC(=O)CC(=O)Nc1ccc([N+](=O)[O-])c(NC(=O)CC(=O)OCC)c1. The minimum atomic E-state index is -0.813. The molecular formula is C16H19N3O8. The molecule has 0 aromatic heterocycles. The van der Waals surface area contributed by atoms with Gasteiger partial charge in [-0.3, -0.25) is 29.3 Å².